The number of anilines is 1. The van der Waals surface area contributed by atoms with Crippen LogP contribution in [0, 0.1) is 11.3 Å². The highest BCUT2D eigenvalue weighted by molar-refractivity contribution is 5.92. The number of fused-ring (bicyclic) bond motifs is 4. The minimum Gasteiger partial charge on any atom is -0.497 e. The fourth-order valence-electron chi connectivity index (χ4n) is 8.92. The minimum absolute atomic E-state index is 0.0157. The van der Waals surface area contributed by atoms with Gasteiger partial charge in [-0.05, 0) is 37.1 Å². The summed E-state index contributed by atoms with van der Waals surface area (Å²) in [6.45, 7) is 2.44. The molecule has 1 spiro atoms. The Bertz CT molecular complexity index is 1530. The van der Waals surface area contributed by atoms with Crippen LogP contribution in [0.1, 0.15) is 35.7 Å². The van der Waals surface area contributed by atoms with E-state index in [-0.39, 0.29) is 30.4 Å². The van der Waals surface area contributed by atoms with Crippen LogP contribution in [0.4, 0.5) is 5.69 Å². The van der Waals surface area contributed by atoms with Gasteiger partial charge in [-0.1, -0.05) is 17.7 Å². The number of carbonyl (C=O) groups excluding carboxylic acids is 2. The number of allylic oxidation sites excluding steroid dienone is 1. The molecule has 6 unspecified atom stereocenters. The molecule has 4 heterocycles. The third-order valence-electron chi connectivity index (χ3n) is 10.6. The highest BCUT2D eigenvalue weighted by atomic mass is 16.6. The summed E-state index contributed by atoms with van der Waals surface area (Å²) in [7, 11) is 7.48. The first-order chi connectivity index (χ1) is 20.8. The molecular formula is C32H36N2O9. The SMILES string of the molecule is CC=C1CN2C3CC45c6ccc(OC)cc6NC4(O3)C2CC1C5(COC(=O)c1cc(OC)c(OC)c(OC)c1)C(=O)OC. The van der Waals surface area contributed by atoms with Crippen molar-refractivity contribution in [3.8, 4) is 23.0 Å². The number of hydrogen-bond donors (Lipinski definition) is 1. The fraction of sp³-hybridized carbons (Fsp3) is 0.500. The number of esters is 2. The number of piperidine rings is 2. The molecule has 0 amide bonds. The van der Waals surface area contributed by atoms with Crippen LogP contribution >= 0.6 is 0 Å². The van der Waals surface area contributed by atoms with E-state index in [1.165, 1.54) is 28.4 Å². The van der Waals surface area contributed by atoms with Crippen LogP contribution in [-0.4, -0.2) is 83.5 Å². The maximum atomic E-state index is 14.5. The molecule has 4 bridgehead atoms. The number of benzene rings is 2. The molecule has 0 radical (unpaired) electrons. The molecule has 228 valence electrons. The van der Waals surface area contributed by atoms with E-state index in [1.54, 1.807) is 19.2 Å². The Morgan fingerprint density at radius 1 is 1.05 bits per heavy atom. The summed E-state index contributed by atoms with van der Waals surface area (Å²) in [5.41, 5.74) is 0.0224. The lowest BCUT2D eigenvalue weighted by Gasteiger charge is -2.64. The maximum absolute atomic E-state index is 14.5. The van der Waals surface area contributed by atoms with Crippen molar-refractivity contribution < 1.29 is 42.7 Å². The van der Waals surface area contributed by atoms with Crippen LogP contribution in [0.25, 0.3) is 0 Å². The second-order valence-electron chi connectivity index (χ2n) is 11.7. The van der Waals surface area contributed by atoms with Crippen molar-refractivity contribution in [3.63, 3.8) is 0 Å². The first-order valence-corrected chi connectivity index (χ1v) is 14.4. The third-order valence-corrected chi connectivity index (χ3v) is 10.6. The van der Waals surface area contributed by atoms with Crippen molar-refractivity contribution in [2.75, 3.05) is 54.0 Å². The van der Waals surface area contributed by atoms with E-state index < -0.39 is 28.5 Å². The first-order valence-electron chi connectivity index (χ1n) is 14.4. The van der Waals surface area contributed by atoms with Crippen LogP contribution in [0.5, 0.6) is 23.0 Å². The van der Waals surface area contributed by atoms with Crippen molar-refractivity contribution in [2.45, 2.75) is 43.2 Å². The summed E-state index contributed by atoms with van der Waals surface area (Å²) in [6, 6.07) is 8.96. The molecule has 5 aliphatic rings. The zero-order chi connectivity index (χ0) is 30.3. The average Bonchev–Trinajstić information content (AvgIpc) is 3.65. The number of hydrogen-bond acceptors (Lipinski definition) is 11. The molecule has 1 saturated carbocycles. The molecule has 2 aromatic carbocycles. The van der Waals surface area contributed by atoms with Crippen molar-refractivity contribution in [2.24, 2.45) is 11.3 Å². The zero-order valence-corrected chi connectivity index (χ0v) is 25.1. The van der Waals surface area contributed by atoms with E-state index in [4.69, 9.17) is 33.2 Å². The number of nitrogens with zero attached hydrogens (tertiary/aromatic N) is 1. The van der Waals surface area contributed by atoms with Crippen LogP contribution in [0.2, 0.25) is 0 Å². The molecule has 1 N–H and O–H groups in total. The van der Waals surface area contributed by atoms with Gasteiger partial charge < -0.3 is 38.5 Å². The minimum atomic E-state index is -1.29. The maximum Gasteiger partial charge on any atom is 0.338 e. The Hall–Kier alpha value is -3.96. The summed E-state index contributed by atoms with van der Waals surface area (Å²) in [4.78, 5) is 30.7. The summed E-state index contributed by atoms with van der Waals surface area (Å²) >= 11 is 0. The van der Waals surface area contributed by atoms with Crippen LogP contribution in [-0.2, 0) is 24.4 Å². The number of rotatable bonds is 8. The molecule has 4 fully saturated rings. The van der Waals surface area contributed by atoms with Crippen LogP contribution in [0.15, 0.2) is 42.0 Å². The quantitative estimate of drug-likeness (QED) is 0.359. The van der Waals surface area contributed by atoms with Gasteiger partial charge in [0.2, 0.25) is 5.75 Å². The van der Waals surface area contributed by atoms with E-state index in [9.17, 15) is 9.59 Å². The molecule has 11 heteroatoms. The Morgan fingerprint density at radius 2 is 1.79 bits per heavy atom. The predicted molar refractivity (Wildman–Crippen MR) is 154 cm³/mol. The van der Waals surface area contributed by atoms with Crippen molar-refractivity contribution in [3.05, 3.63) is 53.1 Å². The Labute approximate surface area is 249 Å². The number of carbonyl (C=O) groups is 2. The Morgan fingerprint density at radius 3 is 2.42 bits per heavy atom. The van der Waals surface area contributed by atoms with E-state index in [2.05, 4.69) is 16.3 Å². The molecule has 0 aromatic heterocycles. The van der Waals surface area contributed by atoms with Gasteiger partial charge >= 0.3 is 11.9 Å². The van der Waals surface area contributed by atoms with Gasteiger partial charge in [0.15, 0.2) is 17.2 Å². The molecule has 6 atom stereocenters. The van der Waals surface area contributed by atoms with Crippen LogP contribution in [0.3, 0.4) is 0 Å². The average molecular weight is 593 g/mol. The molecule has 43 heavy (non-hydrogen) atoms. The van der Waals surface area contributed by atoms with Crippen LogP contribution < -0.4 is 24.3 Å². The summed E-state index contributed by atoms with van der Waals surface area (Å²) in [5.74, 6) is 0.397. The van der Waals surface area contributed by atoms with Gasteiger partial charge in [0.25, 0.3) is 0 Å². The predicted octanol–water partition coefficient (Wildman–Crippen LogP) is 3.51. The zero-order valence-electron chi connectivity index (χ0n) is 25.1. The molecule has 2 aromatic rings. The van der Waals surface area contributed by atoms with E-state index >= 15 is 0 Å². The van der Waals surface area contributed by atoms with Gasteiger partial charge in [0.05, 0.1) is 52.6 Å². The number of ether oxygens (including phenoxy) is 7. The highest BCUT2D eigenvalue weighted by Gasteiger charge is 2.87. The van der Waals surface area contributed by atoms with E-state index in [1.807, 2.05) is 25.1 Å². The summed E-state index contributed by atoms with van der Waals surface area (Å²) in [6.07, 6.45) is 3.06. The van der Waals surface area contributed by atoms with Crippen molar-refractivity contribution in [1.29, 1.82) is 0 Å². The summed E-state index contributed by atoms with van der Waals surface area (Å²) in [5, 5.41) is 3.72. The lowest BCUT2D eigenvalue weighted by Crippen LogP contribution is -2.78. The second-order valence-corrected chi connectivity index (χ2v) is 11.7. The van der Waals surface area contributed by atoms with Gasteiger partial charge in [0.1, 0.15) is 24.0 Å². The number of nitrogens with one attached hydrogen (secondary N) is 1. The normalized spacial score (nSPS) is 33.4. The Kier molecular flexibility index (Phi) is 6.17. The lowest BCUT2D eigenvalue weighted by atomic mass is 9.42. The van der Waals surface area contributed by atoms with Gasteiger partial charge in [-0.3, -0.25) is 9.69 Å². The van der Waals surface area contributed by atoms with E-state index in [0.717, 1.165) is 16.8 Å². The van der Waals surface area contributed by atoms with Gasteiger partial charge in [-0.2, -0.15) is 0 Å². The second kappa shape index (κ2) is 9.52. The molecule has 1 aliphatic carbocycles. The standard InChI is InChI=1S/C32H36N2O9/c1-7-17-15-34-25-13-21(17)30(29(36)41-6,16-42-28(35)18-10-23(38-3)27(40-5)24(11-18)39-4)31-14-26(34)43-32(25,31)33-22-12-19(37-2)8-9-20(22)31/h7-12,21,25-26,33H,13-16H2,1-6H3. The monoisotopic (exact) mass is 592 g/mol. The van der Waals surface area contributed by atoms with Gasteiger partial charge in [-0.25, -0.2) is 4.79 Å². The molecule has 7 rings (SSSR count). The molecule has 3 saturated heterocycles. The van der Waals surface area contributed by atoms with E-state index in [0.29, 0.717) is 42.4 Å². The summed E-state index contributed by atoms with van der Waals surface area (Å²) < 4.78 is 40.6. The molecular weight excluding hydrogens is 556 g/mol. The van der Waals surface area contributed by atoms with Crippen molar-refractivity contribution in [1.82, 2.24) is 4.90 Å². The smallest absolute Gasteiger partial charge is 0.338 e. The first kappa shape index (κ1) is 27.8. The van der Waals surface area contributed by atoms with Gasteiger partial charge in [-0.15, -0.1) is 0 Å². The Balaban J connectivity index is 1.39. The van der Waals surface area contributed by atoms with Crippen molar-refractivity contribution >= 4 is 17.6 Å². The lowest BCUT2D eigenvalue weighted by molar-refractivity contribution is -0.191. The van der Waals surface area contributed by atoms with Gasteiger partial charge in [0, 0.05) is 30.6 Å². The molecule has 4 aliphatic heterocycles. The molecule has 11 nitrogen and oxygen atoms in total. The third kappa shape index (κ3) is 3.21. The highest BCUT2D eigenvalue weighted by Crippen LogP contribution is 2.76. The number of methoxy groups -OCH3 is 5. The largest absolute Gasteiger partial charge is 0.497 e. The fourth-order valence-corrected chi connectivity index (χ4v) is 8.92. The topological polar surface area (TPSA) is 114 Å².